The molecule has 104 valence electrons. The summed E-state index contributed by atoms with van der Waals surface area (Å²) in [6.45, 7) is 5.67. The van der Waals surface area contributed by atoms with Gasteiger partial charge in [-0.1, -0.05) is 0 Å². The van der Waals surface area contributed by atoms with Gasteiger partial charge in [-0.2, -0.15) is 0 Å². The molecule has 0 saturated carbocycles. The lowest BCUT2D eigenvalue weighted by Gasteiger charge is -2.37. The highest BCUT2D eigenvalue weighted by Gasteiger charge is 2.50. The van der Waals surface area contributed by atoms with Crippen LogP contribution in [0.25, 0.3) is 0 Å². The molecule has 1 N–H and O–H groups in total. The first-order valence-corrected chi connectivity index (χ1v) is 6.81. The number of furan rings is 1. The predicted octanol–water partition coefficient (Wildman–Crippen LogP) is 2.81. The number of carbonyl (C=O) groups excluding carboxylic acids is 1. The summed E-state index contributed by atoms with van der Waals surface area (Å²) in [6.07, 6.45) is 0.00951. The molecular formula is C13H16BrNO4. The number of halogens is 1. The molecule has 1 fully saturated rings. The number of hydrogen-bond donors (Lipinski definition) is 1. The van der Waals surface area contributed by atoms with Crippen LogP contribution in [0.1, 0.15) is 39.0 Å². The second-order valence-corrected chi connectivity index (χ2v) is 6.45. The first-order valence-electron chi connectivity index (χ1n) is 6.02. The lowest BCUT2D eigenvalue weighted by molar-refractivity contribution is -0.143. The van der Waals surface area contributed by atoms with E-state index in [1.54, 1.807) is 17.0 Å². The van der Waals surface area contributed by atoms with Crippen LogP contribution in [0.4, 0.5) is 0 Å². The van der Waals surface area contributed by atoms with Crippen molar-refractivity contribution in [1.82, 2.24) is 4.90 Å². The first kappa shape index (κ1) is 14.1. The molecule has 2 rings (SSSR count). The molecule has 19 heavy (non-hydrogen) atoms. The zero-order valence-electron chi connectivity index (χ0n) is 11.0. The van der Waals surface area contributed by atoms with Gasteiger partial charge in [0.05, 0.1) is 5.92 Å². The molecule has 5 nitrogen and oxygen atoms in total. The van der Waals surface area contributed by atoms with Crippen molar-refractivity contribution in [3.63, 3.8) is 0 Å². The van der Waals surface area contributed by atoms with E-state index in [2.05, 4.69) is 15.9 Å². The van der Waals surface area contributed by atoms with Crippen molar-refractivity contribution in [1.29, 1.82) is 0 Å². The fraction of sp³-hybridized carbons (Fsp3) is 0.538. The Balaban J connectivity index is 2.47. The molecule has 1 amide bonds. The molecule has 0 bridgehead atoms. The third kappa shape index (κ3) is 2.54. The lowest BCUT2D eigenvalue weighted by Crippen LogP contribution is -2.44. The van der Waals surface area contributed by atoms with E-state index in [9.17, 15) is 14.7 Å². The molecule has 0 aliphatic carbocycles. The Labute approximate surface area is 119 Å². The first-order chi connectivity index (χ1) is 8.71. The average Bonchev–Trinajstić information content (AvgIpc) is 2.80. The number of amides is 1. The van der Waals surface area contributed by atoms with Gasteiger partial charge in [-0.15, -0.1) is 0 Å². The minimum Gasteiger partial charge on any atom is -0.481 e. The third-order valence-electron chi connectivity index (χ3n) is 3.25. The summed E-state index contributed by atoms with van der Waals surface area (Å²) in [7, 11) is 0. The molecule has 0 spiro atoms. The van der Waals surface area contributed by atoms with Crippen LogP contribution in [0.3, 0.4) is 0 Å². The Kier molecular flexibility index (Phi) is 3.47. The number of rotatable bonds is 2. The summed E-state index contributed by atoms with van der Waals surface area (Å²) < 4.78 is 6.01. The lowest BCUT2D eigenvalue weighted by atomic mass is 9.96. The van der Waals surface area contributed by atoms with E-state index in [0.29, 0.717) is 10.4 Å². The van der Waals surface area contributed by atoms with Crippen molar-refractivity contribution in [3.05, 3.63) is 22.6 Å². The van der Waals surface area contributed by atoms with Crippen LogP contribution in [-0.4, -0.2) is 27.4 Å². The number of carboxylic acid groups (broad SMARTS) is 1. The van der Waals surface area contributed by atoms with E-state index >= 15 is 0 Å². The Bertz CT molecular complexity index is 517. The molecule has 2 atom stereocenters. The summed E-state index contributed by atoms with van der Waals surface area (Å²) in [6, 6.07) is 2.86. The van der Waals surface area contributed by atoms with E-state index in [4.69, 9.17) is 4.42 Å². The zero-order valence-corrected chi connectivity index (χ0v) is 12.6. The number of carbonyl (C=O) groups is 2. The molecule has 1 aliphatic heterocycles. The molecule has 2 heterocycles. The summed E-state index contributed by atoms with van der Waals surface area (Å²) in [5.74, 6) is -1.40. The number of carboxylic acids is 1. The van der Waals surface area contributed by atoms with Crippen molar-refractivity contribution in [2.45, 2.75) is 38.8 Å². The smallest absolute Gasteiger partial charge is 0.309 e. The van der Waals surface area contributed by atoms with Gasteiger partial charge in [0, 0.05) is 12.0 Å². The Morgan fingerprint density at radius 1 is 1.47 bits per heavy atom. The highest BCUT2D eigenvalue weighted by atomic mass is 79.9. The van der Waals surface area contributed by atoms with Crippen molar-refractivity contribution in [2.75, 3.05) is 0 Å². The van der Waals surface area contributed by atoms with Gasteiger partial charge in [0.1, 0.15) is 11.8 Å². The summed E-state index contributed by atoms with van der Waals surface area (Å²) in [5.41, 5.74) is -0.453. The van der Waals surface area contributed by atoms with Gasteiger partial charge in [0.2, 0.25) is 5.91 Å². The maximum Gasteiger partial charge on any atom is 0.309 e. The van der Waals surface area contributed by atoms with Crippen LogP contribution in [0.2, 0.25) is 0 Å². The molecule has 1 aromatic heterocycles. The van der Waals surface area contributed by atoms with E-state index in [-0.39, 0.29) is 12.3 Å². The molecule has 0 aromatic carbocycles. The molecule has 1 aliphatic rings. The summed E-state index contributed by atoms with van der Waals surface area (Å²) in [5, 5.41) is 9.32. The molecule has 2 unspecified atom stereocenters. The molecular weight excluding hydrogens is 314 g/mol. The zero-order chi connectivity index (χ0) is 14.4. The fourth-order valence-corrected chi connectivity index (χ4v) is 2.88. The molecule has 1 saturated heterocycles. The number of aliphatic carboxylic acids is 1. The molecule has 1 aromatic rings. The maximum absolute atomic E-state index is 12.1. The Hall–Kier alpha value is -1.30. The van der Waals surface area contributed by atoms with Crippen molar-refractivity contribution < 1.29 is 19.1 Å². The monoisotopic (exact) mass is 329 g/mol. The van der Waals surface area contributed by atoms with Crippen LogP contribution in [-0.2, 0) is 9.59 Å². The maximum atomic E-state index is 12.1. The largest absolute Gasteiger partial charge is 0.481 e. The quantitative estimate of drug-likeness (QED) is 0.905. The van der Waals surface area contributed by atoms with Gasteiger partial charge in [-0.3, -0.25) is 9.59 Å². The van der Waals surface area contributed by atoms with E-state index < -0.39 is 23.5 Å². The molecule has 0 radical (unpaired) electrons. The highest BCUT2D eigenvalue weighted by Crippen LogP contribution is 2.43. The molecule has 6 heteroatoms. The van der Waals surface area contributed by atoms with Crippen LogP contribution in [0.5, 0.6) is 0 Å². The number of nitrogens with zero attached hydrogens (tertiary/aromatic N) is 1. The van der Waals surface area contributed by atoms with Gasteiger partial charge in [-0.25, -0.2) is 0 Å². The van der Waals surface area contributed by atoms with Crippen LogP contribution in [0.15, 0.2) is 21.2 Å². The minimum absolute atomic E-state index is 0.00951. The van der Waals surface area contributed by atoms with Crippen LogP contribution in [0, 0.1) is 5.92 Å². The SMILES string of the molecule is CC(C)(C)N1C(=O)CC(C(=O)O)C1c1ccc(Br)o1. The van der Waals surface area contributed by atoms with Crippen LogP contribution >= 0.6 is 15.9 Å². The number of likely N-dealkylation sites (tertiary alicyclic amines) is 1. The van der Waals surface area contributed by atoms with E-state index in [0.717, 1.165) is 0 Å². The van der Waals surface area contributed by atoms with Crippen molar-refractivity contribution in [3.8, 4) is 0 Å². The predicted molar refractivity (Wildman–Crippen MR) is 71.5 cm³/mol. The van der Waals surface area contributed by atoms with Crippen molar-refractivity contribution in [2.24, 2.45) is 5.92 Å². The highest BCUT2D eigenvalue weighted by molar-refractivity contribution is 9.10. The minimum atomic E-state index is -0.974. The normalized spacial score (nSPS) is 24.0. The average molecular weight is 330 g/mol. The standard InChI is InChI=1S/C13H16BrNO4/c1-13(2,3)15-10(16)6-7(12(17)18)11(15)8-4-5-9(14)19-8/h4-5,7,11H,6H2,1-3H3,(H,17,18). The fourth-order valence-electron chi connectivity index (χ4n) is 2.56. The topological polar surface area (TPSA) is 70.8 Å². The Morgan fingerprint density at radius 3 is 2.53 bits per heavy atom. The summed E-state index contributed by atoms with van der Waals surface area (Å²) >= 11 is 3.20. The van der Waals surface area contributed by atoms with E-state index in [1.165, 1.54) is 0 Å². The second kappa shape index (κ2) is 4.67. The van der Waals surface area contributed by atoms with Crippen molar-refractivity contribution >= 4 is 27.8 Å². The second-order valence-electron chi connectivity index (χ2n) is 5.67. The Morgan fingerprint density at radius 2 is 2.11 bits per heavy atom. The van der Waals surface area contributed by atoms with Gasteiger partial charge < -0.3 is 14.4 Å². The van der Waals surface area contributed by atoms with Gasteiger partial charge in [-0.05, 0) is 48.8 Å². The van der Waals surface area contributed by atoms with Crippen LogP contribution < -0.4 is 0 Å². The third-order valence-corrected chi connectivity index (χ3v) is 3.67. The van der Waals surface area contributed by atoms with E-state index in [1.807, 2.05) is 20.8 Å². The summed E-state index contributed by atoms with van der Waals surface area (Å²) in [4.78, 5) is 25.1. The van der Waals surface area contributed by atoms with Gasteiger partial charge in [0.15, 0.2) is 4.67 Å². The number of hydrogen-bond acceptors (Lipinski definition) is 3. The van der Waals surface area contributed by atoms with Gasteiger partial charge >= 0.3 is 5.97 Å². The van der Waals surface area contributed by atoms with Gasteiger partial charge in [0.25, 0.3) is 0 Å².